The SMILES string of the molecule is CCOc1cccc(C(c2ccc(OC)c(OC)c2)N2CCC(C(=O)O)CC2)c1. The first-order valence-corrected chi connectivity index (χ1v) is 9.98. The first kappa shape index (κ1) is 21.0. The lowest BCUT2D eigenvalue weighted by Gasteiger charge is -2.37. The van der Waals surface area contributed by atoms with Gasteiger partial charge in [-0.25, -0.2) is 0 Å². The van der Waals surface area contributed by atoms with Crippen molar-refractivity contribution in [2.75, 3.05) is 33.9 Å². The Labute approximate surface area is 172 Å². The molecule has 1 aliphatic rings. The molecule has 29 heavy (non-hydrogen) atoms. The summed E-state index contributed by atoms with van der Waals surface area (Å²) in [6, 6.07) is 14.0. The van der Waals surface area contributed by atoms with Gasteiger partial charge in [-0.1, -0.05) is 18.2 Å². The number of benzene rings is 2. The molecule has 1 atom stereocenters. The first-order valence-electron chi connectivity index (χ1n) is 9.98. The van der Waals surface area contributed by atoms with Crippen molar-refractivity contribution in [2.24, 2.45) is 5.92 Å². The zero-order chi connectivity index (χ0) is 20.8. The van der Waals surface area contributed by atoms with E-state index in [0.29, 0.717) is 30.9 Å². The van der Waals surface area contributed by atoms with Gasteiger partial charge in [0.2, 0.25) is 0 Å². The molecule has 0 aromatic heterocycles. The Morgan fingerprint density at radius 2 is 1.76 bits per heavy atom. The Kier molecular flexibility index (Phi) is 6.99. The third-order valence-electron chi connectivity index (χ3n) is 5.45. The van der Waals surface area contributed by atoms with E-state index in [4.69, 9.17) is 14.2 Å². The highest BCUT2D eigenvalue weighted by molar-refractivity contribution is 5.70. The number of carboxylic acid groups (broad SMARTS) is 1. The Bertz CT molecular complexity index is 830. The second kappa shape index (κ2) is 9.65. The van der Waals surface area contributed by atoms with E-state index in [9.17, 15) is 9.90 Å². The molecule has 0 radical (unpaired) electrons. The molecule has 2 aromatic rings. The van der Waals surface area contributed by atoms with Crippen LogP contribution in [0, 0.1) is 5.92 Å². The average molecular weight is 399 g/mol. The summed E-state index contributed by atoms with van der Waals surface area (Å²) >= 11 is 0. The van der Waals surface area contributed by atoms with E-state index in [1.54, 1.807) is 14.2 Å². The van der Waals surface area contributed by atoms with Crippen molar-refractivity contribution in [3.63, 3.8) is 0 Å². The molecule has 156 valence electrons. The molecule has 1 saturated heterocycles. The van der Waals surface area contributed by atoms with Crippen LogP contribution < -0.4 is 14.2 Å². The molecule has 6 nitrogen and oxygen atoms in total. The molecule has 0 amide bonds. The number of likely N-dealkylation sites (tertiary alicyclic amines) is 1. The number of carbonyl (C=O) groups is 1. The molecule has 6 heteroatoms. The highest BCUT2D eigenvalue weighted by Gasteiger charge is 2.30. The number of rotatable bonds is 8. The Balaban J connectivity index is 1.98. The molecule has 0 saturated carbocycles. The quantitative estimate of drug-likeness (QED) is 0.724. The van der Waals surface area contributed by atoms with Crippen LogP contribution in [0.4, 0.5) is 0 Å². The summed E-state index contributed by atoms with van der Waals surface area (Å²) in [6.07, 6.45) is 1.29. The van der Waals surface area contributed by atoms with Gasteiger partial charge in [0, 0.05) is 0 Å². The van der Waals surface area contributed by atoms with Gasteiger partial charge in [0.25, 0.3) is 0 Å². The van der Waals surface area contributed by atoms with Crippen LogP contribution in [0.3, 0.4) is 0 Å². The number of methoxy groups -OCH3 is 2. The van der Waals surface area contributed by atoms with Crippen molar-refractivity contribution in [2.45, 2.75) is 25.8 Å². The van der Waals surface area contributed by atoms with Crippen LogP contribution >= 0.6 is 0 Å². The predicted octanol–water partition coefficient (Wildman–Crippen LogP) is 3.99. The molecule has 1 fully saturated rings. The highest BCUT2D eigenvalue weighted by Crippen LogP contribution is 2.37. The van der Waals surface area contributed by atoms with Gasteiger partial charge in [-0.05, 0) is 68.2 Å². The molecule has 0 bridgehead atoms. The summed E-state index contributed by atoms with van der Waals surface area (Å²) in [6.45, 7) is 4.01. The maximum absolute atomic E-state index is 11.4. The lowest BCUT2D eigenvalue weighted by molar-refractivity contribution is -0.143. The fraction of sp³-hybridized carbons (Fsp3) is 0.435. The summed E-state index contributed by atoms with van der Waals surface area (Å²) in [7, 11) is 3.25. The maximum atomic E-state index is 11.4. The van der Waals surface area contributed by atoms with Crippen molar-refractivity contribution < 1.29 is 24.1 Å². The molecule has 1 unspecified atom stereocenters. The van der Waals surface area contributed by atoms with Crippen LogP contribution in [0.15, 0.2) is 42.5 Å². The number of piperidine rings is 1. The standard InChI is InChI=1S/C23H29NO5/c1-4-29-19-7-5-6-17(14-19)22(24-12-10-16(11-13-24)23(25)26)18-8-9-20(27-2)21(15-18)28-3/h5-9,14-16,22H,4,10-13H2,1-3H3,(H,25,26). The van der Waals surface area contributed by atoms with E-state index in [-0.39, 0.29) is 12.0 Å². The second-order valence-electron chi connectivity index (χ2n) is 7.17. The molecule has 0 spiro atoms. The van der Waals surface area contributed by atoms with E-state index < -0.39 is 5.97 Å². The monoisotopic (exact) mass is 399 g/mol. The van der Waals surface area contributed by atoms with E-state index in [2.05, 4.69) is 17.0 Å². The van der Waals surface area contributed by atoms with Crippen molar-refractivity contribution >= 4 is 5.97 Å². The lowest BCUT2D eigenvalue weighted by atomic mass is 9.91. The highest BCUT2D eigenvalue weighted by atomic mass is 16.5. The van der Waals surface area contributed by atoms with Crippen LogP contribution in [0.25, 0.3) is 0 Å². The zero-order valence-electron chi connectivity index (χ0n) is 17.3. The van der Waals surface area contributed by atoms with Gasteiger partial charge in [-0.3, -0.25) is 9.69 Å². The topological polar surface area (TPSA) is 68.2 Å². The van der Waals surface area contributed by atoms with Crippen LogP contribution in [0.1, 0.15) is 36.9 Å². The van der Waals surface area contributed by atoms with Crippen LogP contribution in [-0.2, 0) is 4.79 Å². The Morgan fingerprint density at radius 3 is 2.38 bits per heavy atom. The molecule has 0 aliphatic carbocycles. The molecule has 3 rings (SSSR count). The summed E-state index contributed by atoms with van der Waals surface area (Å²) in [5.41, 5.74) is 2.18. The number of hydrogen-bond donors (Lipinski definition) is 1. The second-order valence-corrected chi connectivity index (χ2v) is 7.17. The number of aliphatic carboxylic acids is 1. The van der Waals surface area contributed by atoms with Crippen molar-refractivity contribution in [1.82, 2.24) is 4.90 Å². The first-order chi connectivity index (χ1) is 14.1. The number of hydrogen-bond acceptors (Lipinski definition) is 5. The van der Waals surface area contributed by atoms with Crippen LogP contribution in [0.5, 0.6) is 17.2 Å². The fourth-order valence-corrected chi connectivity index (χ4v) is 3.98. The van der Waals surface area contributed by atoms with Gasteiger partial charge in [0.05, 0.1) is 32.8 Å². The lowest BCUT2D eigenvalue weighted by Crippen LogP contribution is -2.39. The van der Waals surface area contributed by atoms with Gasteiger partial charge < -0.3 is 19.3 Å². The van der Waals surface area contributed by atoms with E-state index in [0.717, 1.165) is 30.0 Å². The third-order valence-corrected chi connectivity index (χ3v) is 5.45. The van der Waals surface area contributed by atoms with Gasteiger partial charge in [-0.2, -0.15) is 0 Å². The molecule has 1 heterocycles. The number of carboxylic acids is 1. The van der Waals surface area contributed by atoms with Crippen molar-refractivity contribution in [3.05, 3.63) is 53.6 Å². The normalized spacial score (nSPS) is 16.2. The molecular weight excluding hydrogens is 370 g/mol. The zero-order valence-corrected chi connectivity index (χ0v) is 17.3. The van der Waals surface area contributed by atoms with Crippen LogP contribution in [-0.4, -0.2) is 49.9 Å². The number of ether oxygens (including phenoxy) is 3. The largest absolute Gasteiger partial charge is 0.494 e. The maximum Gasteiger partial charge on any atom is 0.306 e. The predicted molar refractivity (Wildman–Crippen MR) is 111 cm³/mol. The summed E-state index contributed by atoms with van der Waals surface area (Å²) in [5, 5.41) is 9.35. The van der Waals surface area contributed by atoms with Gasteiger partial charge in [0.15, 0.2) is 11.5 Å². The minimum atomic E-state index is -0.703. The molecular formula is C23H29NO5. The van der Waals surface area contributed by atoms with Gasteiger partial charge >= 0.3 is 5.97 Å². The minimum absolute atomic E-state index is 0.0232. The minimum Gasteiger partial charge on any atom is -0.494 e. The molecule has 1 N–H and O–H groups in total. The van der Waals surface area contributed by atoms with Crippen molar-refractivity contribution in [3.8, 4) is 17.2 Å². The summed E-state index contributed by atoms with van der Waals surface area (Å²) in [5.74, 6) is 1.22. The Morgan fingerprint density at radius 1 is 1.07 bits per heavy atom. The smallest absolute Gasteiger partial charge is 0.306 e. The van der Waals surface area contributed by atoms with E-state index in [1.807, 2.05) is 37.3 Å². The van der Waals surface area contributed by atoms with Crippen LogP contribution in [0.2, 0.25) is 0 Å². The average Bonchev–Trinajstić information content (AvgIpc) is 2.74. The van der Waals surface area contributed by atoms with Gasteiger partial charge in [-0.15, -0.1) is 0 Å². The molecule has 1 aliphatic heterocycles. The summed E-state index contributed by atoms with van der Waals surface area (Å²) < 4.78 is 16.6. The van der Waals surface area contributed by atoms with E-state index >= 15 is 0 Å². The fourth-order valence-electron chi connectivity index (χ4n) is 3.98. The van der Waals surface area contributed by atoms with Crippen molar-refractivity contribution in [1.29, 1.82) is 0 Å². The van der Waals surface area contributed by atoms with E-state index in [1.165, 1.54) is 0 Å². The third kappa shape index (κ3) is 4.82. The summed E-state index contributed by atoms with van der Waals surface area (Å²) in [4.78, 5) is 13.7. The van der Waals surface area contributed by atoms with Gasteiger partial charge in [0.1, 0.15) is 5.75 Å². The molecule has 2 aromatic carbocycles. The number of nitrogens with zero attached hydrogens (tertiary/aromatic N) is 1. The Hall–Kier alpha value is -2.73.